The summed E-state index contributed by atoms with van der Waals surface area (Å²) in [6, 6.07) is 58.3. The van der Waals surface area contributed by atoms with E-state index in [2.05, 4.69) is 115 Å². The Kier molecular flexibility index (Phi) is 6.46. The van der Waals surface area contributed by atoms with Gasteiger partial charge in [-0.3, -0.25) is 0 Å². The maximum Gasteiger partial charge on any atom is 0.160 e. The van der Waals surface area contributed by atoms with E-state index in [1.54, 1.807) is 0 Å². The van der Waals surface area contributed by atoms with Gasteiger partial charge in [0.05, 0.1) is 11.4 Å². The molecule has 0 radical (unpaired) electrons. The fraction of sp³-hybridized carbons (Fsp3) is 0. The molecule has 3 aromatic heterocycles. The number of hydrogen-bond donors (Lipinski definition) is 0. The second-order valence-electron chi connectivity index (χ2n) is 12.6. The lowest BCUT2D eigenvalue weighted by Crippen LogP contribution is -1.96. The number of aromatic nitrogens is 2. The van der Waals surface area contributed by atoms with Crippen LogP contribution in [0.25, 0.3) is 100 Å². The minimum Gasteiger partial charge on any atom is -0.455 e. The summed E-state index contributed by atoms with van der Waals surface area (Å²) in [5.41, 5.74) is 12.5. The van der Waals surface area contributed by atoms with Crippen LogP contribution in [0.15, 0.2) is 179 Å². The molecule has 0 unspecified atom stereocenters. The summed E-state index contributed by atoms with van der Waals surface area (Å²) in [7, 11) is 0. The smallest absolute Gasteiger partial charge is 0.160 e. The molecule has 0 saturated heterocycles. The molecule has 0 spiro atoms. The predicted molar refractivity (Wildman–Crippen MR) is 204 cm³/mol. The van der Waals surface area contributed by atoms with Crippen LogP contribution in [0, 0.1) is 0 Å². The third kappa shape index (κ3) is 4.69. The Hall–Kier alpha value is -6.78. The standard InChI is InChI=1S/C46H28N2O2/c1-4-13-29(14-5-1)34-21-11-23-36-38-26-43-39(27-42(38)49-44(34)36)37-24-12-22-35(45(37)50-43)32-19-10-20-33(25-32)41-28-40(30-15-6-2-7-16-30)47-46(48-41)31-17-8-3-9-18-31/h1-28H. The van der Waals surface area contributed by atoms with Crippen molar-refractivity contribution < 1.29 is 8.83 Å². The number of benzene rings is 7. The average molecular weight is 641 g/mol. The van der Waals surface area contributed by atoms with Crippen LogP contribution in [0.1, 0.15) is 0 Å². The van der Waals surface area contributed by atoms with Gasteiger partial charge in [0.2, 0.25) is 0 Å². The molecule has 7 aromatic carbocycles. The van der Waals surface area contributed by atoms with Crippen molar-refractivity contribution in [1.29, 1.82) is 0 Å². The van der Waals surface area contributed by atoms with E-state index in [4.69, 9.17) is 18.8 Å². The molecule has 234 valence electrons. The Morgan fingerprint density at radius 3 is 1.38 bits per heavy atom. The van der Waals surface area contributed by atoms with Crippen molar-refractivity contribution >= 4 is 43.9 Å². The quantitative estimate of drug-likeness (QED) is 0.188. The largest absolute Gasteiger partial charge is 0.455 e. The number of rotatable bonds is 5. The first-order valence-electron chi connectivity index (χ1n) is 16.7. The first-order valence-corrected chi connectivity index (χ1v) is 16.7. The van der Waals surface area contributed by atoms with Gasteiger partial charge in [0.1, 0.15) is 22.3 Å². The highest BCUT2D eigenvalue weighted by Gasteiger charge is 2.18. The fourth-order valence-corrected chi connectivity index (χ4v) is 7.07. The van der Waals surface area contributed by atoms with Crippen molar-refractivity contribution in [3.63, 3.8) is 0 Å². The molecule has 0 amide bonds. The number of nitrogens with zero attached hydrogens (tertiary/aromatic N) is 2. The van der Waals surface area contributed by atoms with Crippen LogP contribution in [-0.2, 0) is 0 Å². The highest BCUT2D eigenvalue weighted by Crippen LogP contribution is 2.42. The number of fused-ring (bicyclic) bond motifs is 6. The second kappa shape index (κ2) is 11.4. The summed E-state index contributed by atoms with van der Waals surface area (Å²) in [5, 5.41) is 4.20. The van der Waals surface area contributed by atoms with Crippen LogP contribution < -0.4 is 0 Å². The van der Waals surface area contributed by atoms with Crippen molar-refractivity contribution in [3.05, 3.63) is 170 Å². The topological polar surface area (TPSA) is 52.1 Å². The van der Waals surface area contributed by atoms with Gasteiger partial charge in [0, 0.05) is 49.4 Å². The van der Waals surface area contributed by atoms with Crippen LogP contribution in [0.3, 0.4) is 0 Å². The van der Waals surface area contributed by atoms with E-state index in [1.807, 2.05) is 54.6 Å². The van der Waals surface area contributed by atoms with Crippen LogP contribution in [0.2, 0.25) is 0 Å². The summed E-state index contributed by atoms with van der Waals surface area (Å²) >= 11 is 0. The van der Waals surface area contributed by atoms with Gasteiger partial charge in [0.15, 0.2) is 5.82 Å². The molecule has 10 rings (SSSR count). The lowest BCUT2D eigenvalue weighted by molar-refractivity contribution is 0.665. The Morgan fingerprint density at radius 1 is 0.320 bits per heavy atom. The van der Waals surface area contributed by atoms with E-state index in [9.17, 15) is 0 Å². The Balaban J connectivity index is 1.11. The highest BCUT2D eigenvalue weighted by atomic mass is 16.3. The zero-order valence-electron chi connectivity index (χ0n) is 26.9. The Bertz CT molecular complexity index is 2800. The second-order valence-corrected chi connectivity index (χ2v) is 12.6. The third-order valence-electron chi connectivity index (χ3n) is 9.50. The zero-order chi connectivity index (χ0) is 33.0. The Labute approximate surface area is 287 Å². The normalized spacial score (nSPS) is 11.6. The molecule has 0 aliphatic heterocycles. The summed E-state index contributed by atoms with van der Waals surface area (Å²) in [5.74, 6) is 0.694. The molecule has 50 heavy (non-hydrogen) atoms. The van der Waals surface area contributed by atoms with Crippen molar-refractivity contribution in [2.24, 2.45) is 0 Å². The molecule has 0 aliphatic carbocycles. The summed E-state index contributed by atoms with van der Waals surface area (Å²) in [6.45, 7) is 0. The maximum atomic E-state index is 6.71. The van der Waals surface area contributed by atoms with Gasteiger partial charge in [0.25, 0.3) is 0 Å². The molecule has 0 saturated carbocycles. The van der Waals surface area contributed by atoms with Crippen LogP contribution in [0.5, 0.6) is 0 Å². The minimum absolute atomic E-state index is 0.694. The van der Waals surface area contributed by atoms with E-state index in [0.717, 1.165) is 94.2 Å². The highest BCUT2D eigenvalue weighted by molar-refractivity contribution is 6.17. The molecule has 3 heterocycles. The van der Waals surface area contributed by atoms with Gasteiger partial charge in [-0.1, -0.05) is 146 Å². The van der Waals surface area contributed by atoms with Crippen LogP contribution in [0.4, 0.5) is 0 Å². The molecule has 0 bridgehead atoms. The van der Waals surface area contributed by atoms with Crippen LogP contribution in [-0.4, -0.2) is 9.97 Å². The number of hydrogen-bond acceptors (Lipinski definition) is 4. The SMILES string of the molecule is c1ccc(-c2cc(-c3cccc(-c4cccc5c4oc4cc6c(cc45)oc4c(-c5ccccc5)cccc46)c3)nc(-c3ccccc3)n2)cc1. The first kappa shape index (κ1) is 28.3. The number of para-hydroxylation sites is 2. The van der Waals surface area contributed by atoms with Crippen molar-refractivity contribution in [3.8, 4) is 56.2 Å². The van der Waals surface area contributed by atoms with Gasteiger partial charge in [-0.2, -0.15) is 0 Å². The lowest BCUT2D eigenvalue weighted by Gasteiger charge is -2.11. The summed E-state index contributed by atoms with van der Waals surface area (Å²) < 4.78 is 13.3. The molecule has 0 aliphatic rings. The number of furan rings is 2. The molecule has 4 nitrogen and oxygen atoms in total. The molecule has 4 heteroatoms. The molecule has 0 N–H and O–H groups in total. The van der Waals surface area contributed by atoms with E-state index >= 15 is 0 Å². The lowest BCUT2D eigenvalue weighted by atomic mass is 9.98. The monoisotopic (exact) mass is 640 g/mol. The van der Waals surface area contributed by atoms with Crippen molar-refractivity contribution in [2.75, 3.05) is 0 Å². The summed E-state index contributed by atoms with van der Waals surface area (Å²) in [4.78, 5) is 10.0. The van der Waals surface area contributed by atoms with Crippen molar-refractivity contribution in [2.45, 2.75) is 0 Å². The van der Waals surface area contributed by atoms with Gasteiger partial charge in [-0.25, -0.2) is 9.97 Å². The molecular formula is C46H28N2O2. The van der Waals surface area contributed by atoms with Gasteiger partial charge in [-0.15, -0.1) is 0 Å². The third-order valence-corrected chi connectivity index (χ3v) is 9.50. The molecule has 0 atom stereocenters. The molecular weight excluding hydrogens is 613 g/mol. The van der Waals surface area contributed by atoms with Gasteiger partial charge >= 0.3 is 0 Å². The van der Waals surface area contributed by atoms with E-state index in [-0.39, 0.29) is 0 Å². The van der Waals surface area contributed by atoms with Crippen molar-refractivity contribution in [1.82, 2.24) is 9.97 Å². The minimum atomic E-state index is 0.694. The summed E-state index contributed by atoms with van der Waals surface area (Å²) in [6.07, 6.45) is 0. The van der Waals surface area contributed by atoms with E-state index in [1.165, 1.54) is 0 Å². The van der Waals surface area contributed by atoms with Crippen LogP contribution >= 0.6 is 0 Å². The van der Waals surface area contributed by atoms with E-state index in [0.29, 0.717) is 5.82 Å². The van der Waals surface area contributed by atoms with E-state index < -0.39 is 0 Å². The predicted octanol–water partition coefficient (Wildman–Crippen LogP) is 12.6. The average Bonchev–Trinajstić information content (AvgIpc) is 3.75. The van der Waals surface area contributed by atoms with Gasteiger partial charge < -0.3 is 8.83 Å². The maximum absolute atomic E-state index is 6.71. The zero-order valence-corrected chi connectivity index (χ0v) is 26.9. The first-order chi connectivity index (χ1) is 24.8. The fourth-order valence-electron chi connectivity index (χ4n) is 7.07. The molecule has 10 aromatic rings. The molecule has 0 fully saturated rings. The van der Waals surface area contributed by atoms with Gasteiger partial charge in [-0.05, 0) is 35.4 Å². The Morgan fingerprint density at radius 2 is 0.780 bits per heavy atom.